The van der Waals surface area contributed by atoms with Gasteiger partial charge in [0.2, 0.25) is 11.1 Å². The maximum atomic E-state index is 12.6. The molecule has 1 amide bonds. The molecule has 22 heteroatoms. The summed E-state index contributed by atoms with van der Waals surface area (Å²) in [6.45, 7) is 32.4. The molecular formula is C79H104Cl3N15O4. The smallest absolute Gasteiger partial charge is 0.318 e. The van der Waals surface area contributed by atoms with Gasteiger partial charge in [0, 0.05) is 129 Å². The fourth-order valence-electron chi connectivity index (χ4n) is 15.4. The molecule has 2 aliphatic carbocycles. The lowest BCUT2D eigenvalue weighted by atomic mass is 10.0. The van der Waals surface area contributed by atoms with Crippen molar-refractivity contribution in [2.45, 2.75) is 161 Å². The first-order valence-electron chi connectivity index (χ1n) is 36.7. The monoisotopic (exact) mass is 1430 g/mol. The zero-order valence-electron chi connectivity index (χ0n) is 60.0. The Bertz CT molecular complexity index is 3800. The van der Waals surface area contributed by atoms with Crippen LogP contribution in [0.3, 0.4) is 0 Å². The van der Waals surface area contributed by atoms with Crippen molar-refractivity contribution in [1.29, 1.82) is 10.5 Å². The summed E-state index contributed by atoms with van der Waals surface area (Å²) in [5.41, 5.74) is 6.90. The van der Waals surface area contributed by atoms with Crippen LogP contribution in [0.25, 0.3) is 21.5 Å². The van der Waals surface area contributed by atoms with Gasteiger partial charge < -0.3 is 39.3 Å². The molecule has 540 valence electrons. The van der Waals surface area contributed by atoms with E-state index in [2.05, 4.69) is 184 Å². The van der Waals surface area contributed by atoms with Gasteiger partial charge in [-0.2, -0.15) is 30.5 Å². The van der Waals surface area contributed by atoms with Gasteiger partial charge in [-0.15, -0.1) is 23.2 Å². The van der Waals surface area contributed by atoms with E-state index in [-0.39, 0.29) is 29.8 Å². The Morgan fingerprint density at radius 2 is 1.09 bits per heavy atom. The van der Waals surface area contributed by atoms with Gasteiger partial charge in [0.25, 0.3) is 0 Å². The second-order valence-electron chi connectivity index (χ2n) is 28.2. The lowest BCUT2D eigenvalue weighted by molar-refractivity contribution is -0.128. The van der Waals surface area contributed by atoms with Crippen molar-refractivity contribution in [3.05, 3.63) is 133 Å². The molecule has 2 aromatic heterocycles. The van der Waals surface area contributed by atoms with Crippen LogP contribution in [0.2, 0.25) is 0 Å². The molecule has 8 heterocycles. The fraction of sp³-hybridized carbons (Fsp3) is 0.544. The Labute approximate surface area is 614 Å². The summed E-state index contributed by atoms with van der Waals surface area (Å²) < 4.78 is 12.9. The van der Waals surface area contributed by atoms with Crippen molar-refractivity contribution >= 4 is 90.5 Å². The molecular weight excluding hydrogens is 1330 g/mol. The van der Waals surface area contributed by atoms with Crippen LogP contribution < -0.4 is 34.4 Å². The molecule has 2 unspecified atom stereocenters. The SMILES string of the molecule is C=CC(=O)Cl.C=CC(=O)N1CCN(c2nc(OC[C@@H]3CCCN3CC3CC3)nc3c2CCN(c2cccc4ccccc24)C3)CC1CC#N.CCN(C(C)C)C(C)C.ClCCl.N#CCC1CN(c2nc(OC[C@@H]3CCCN3CC3CC3)nc3c2CCN(c2cccc4ccccc24)C3)CCN1. The van der Waals surface area contributed by atoms with Crippen molar-refractivity contribution < 1.29 is 19.1 Å². The van der Waals surface area contributed by atoms with Crippen LogP contribution in [0.1, 0.15) is 121 Å². The number of halogens is 3. The van der Waals surface area contributed by atoms with Gasteiger partial charge in [-0.1, -0.05) is 92.9 Å². The molecule has 101 heavy (non-hydrogen) atoms. The maximum absolute atomic E-state index is 12.6. The number of hydrogen-bond donors (Lipinski definition) is 1. The zero-order chi connectivity index (χ0) is 71.4. The van der Waals surface area contributed by atoms with Crippen LogP contribution >= 0.6 is 34.8 Å². The molecule has 19 nitrogen and oxygen atoms in total. The standard InChI is InChI=1S/C35H41N7O2.C32H39N7O.C8H19N.C3H3ClO.CH2Cl2/c1-2-33(43)42-20-19-41(22-27(42)14-16-36)34-30-15-18-40(32-11-5-8-26-7-3-4-10-29(26)32)23-31(30)37-35(38-34)44-24-28-9-6-17-39(28)21-25-12-13-25;33-14-12-25-20-39(18-15-34-25)31-28-13-17-38(30-9-3-6-24-5-1-2-8-27(24)30)21-29(28)35-32(36-31)40-22-26-7-4-16-37(26)19-23-10-11-23;1-6-9(7(2)3)8(4)5;1-2-3(4)5;2-1-3/h2-5,7-8,10-11,25,27-28H,1,6,9,12-15,17-24H2;1-3,5-6,8-9,23,25-26,34H,4,7,10-13,15-22H2;7-8H,6H2,1-5H3;2H,1H2;1H2/t27?,28-;25?,26-;;;/m00.../s1. The largest absolute Gasteiger partial charge is 0.462 e. The molecule has 8 aliphatic rings. The van der Waals surface area contributed by atoms with Gasteiger partial charge in [0.15, 0.2) is 0 Å². The van der Waals surface area contributed by atoms with Crippen LogP contribution in [0.15, 0.2) is 110 Å². The predicted octanol–water partition coefficient (Wildman–Crippen LogP) is 13.2. The molecule has 2 saturated carbocycles. The lowest BCUT2D eigenvalue weighted by Crippen LogP contribution is -2.55. The lowest BCUT2D eigenvalue weighted by Gasteiger charge is -2.42. The minimum Gasteiger partial charge on any atom is -0.462 e. The first-order chi connectivity index (χ1) is 49.1. The summed E-state index contributed by atoms with van der Waals surface area (Å²) >= 11 is 14.2. The Balaban J connectivity index is 0.000000178. The van der Waals surface area contributed by atoms with Gasteiger partial charge in [-0.05, 0) is 170 Å². The summed E-state index contributed by atoms with van der Waals surface area (Å²) in [5, 5.41) is 27.1. The van der Waals surface area contributed by atoms with Crippen molar-refractivity contribution in [1.82, 2.24) is 44.9 Å². The number of ether oxygens (including phenoxy) is 2. The molecule has 0 radical (unpaired) electrons. The molecule has 1 N–H and O–H groups in total. The molecule has 6 fully saturated rings. The van der Waals surface area contributed by atoms with E-state index in [0.29, 0.717) is 82.0 Å². The van der Waals surface area contributed by atoms with Crippen LogP contribution in [-0.4, -0.2) is 191 Å². The summed E-state index contributed by atoms with van der Waals surface area (Å²) in [5.74, 6) is 3.51. The van der Waals surface area contributed by atoms with Crippen LogP contribution in [-0.2, 0) is 35.5 Å². The van der Waals surface area contributed by atoms with E-state index in [0.717, 1.165) is 118 Å². The molecule has 0 bridgehead atoms. The summed E-state index contributed by atoms with van der Waals surface area (Å²) in [6.07, 6.45) is 15.1. The topological polar surface area (TPSA) is 190 Å². The number of hydrogen-bond acceptors (Lipinski definition) is 18. The zero-order valence-corrected chi connectivity index (χ0v) is 62.3. The van der Waals surface area contributed by atoms with E-state index in [1.54, 1.807) is 4.90 Å². The average molecular weight is 1430 g/mol. The Hall–Kier alpha value is -7.33. The highest BCUT2D eigenvalue weighted by Gasteiger charge is 2.37. The first-order valence-corrected chi connectivity index (χ1v) is 38.2. The highest BCUT2D eigenvalue weighted by atomic mass is 35.5. The van der Waals surface area contributed by atoms with Crippen LogP contribution in [0.5, 0.6) is 12.0 Å². The van der Waals surface area contributed by atoms with Crippen molar-refractivity contribution in [3.63, 3.8) is 0 Å². The Kier molecular flexibility index (Phi) is 28.5. The molecule has 6 aromatic rings. The number of alkyl halides is 2. The van der Waals surface area contributed by atoms with Crippen molar-refractivity contribution in [3.8, 4) is 24.2 Å². The quantitative estimate of drug-likeness (QED) is 0.0406. The number of aromatic nitrogens is 4. The van der Waals surface area contributed by atoms with Gasteiger partial charge in [-0.3, -0.25) is 24.3 Å². The number of allylic oxidation sites excluding steroid dienone is 1. The van der Waals surface area contributed by atoms with Crippen LogP contribution in [0, 0.1) is 34.5 Å². The van der Waals surface area contributed by atoms with E-state index < -0.39 is 5.24 Å². The fourth-order valence-corrected chi connectivity index (χ4v) is 15.4. The number of piperazine rings is 2. The molecule has 0 spiro atoms. The number of benzene rings is 4. The average Bonchev–Trinajstić information content (AvgIpc) is 1.77. The van der Waals surface area contributed by atoms with Crippen molar-refractivity contribution in [2.24, 2.45) is 11.8 Å². The molecule has 6 aliphatic heterocycles. The summed E-state index contributed by atoms with van der Waals surface area (Å²) in [6, 6.07) is 37.9. The van der Waals surface area contributed by atoms with E-state index in [4.69, 9.17) is 64.2 Å². The second-order valence-corrected chi connectivity index (χ2v) is 29.4. The third-order valence-electron chi connectivity index (χ3n) is 20.8. The number of carbonyl (C=O) groups excluding carboxylic acids is 2. The van der Waals surface area contributed by atoms with Gasteiger partial charge in [0.05, 0.1) is 60.8 Å². The summed E-state index contributed by atoms with van der Waals surface area (Å²) in [4.78, 5) is 61.2. The van der Waals surface area contributed by atoms with E-state index in [9.17, 15) is 20.1 Å². The number of amides is 1. The summed E-state index contributed by atoms with van der Waals surface area (Å²) in [7, 11) is 0. The minimum atomic E-state index is -0.509. The number of nitrogens with zero attached hydrogens (tertiary/aromatic N) is 14. The third-order valence-corrected chi connectivity index (χ3v) is 20.9. The Morgan fingerprint density at radius 3 is 1.52 bits per heavy atom. The van der Waals surface area contributed by atoms with Crippen molar-refractivity contribution in [2.75, 3.05) is 123 Å². The first kappa shape index (κ1) is 76.3. The molecule has 4 aromatic carbocycles. The number of nitriles is 2. The number of nitrogens with one attached hydrogen (secondary N) is 1. The molecule has 14 rings (SSSR count). The highest BCUT2D eigenvalue weighted by molar-refractivity contribution is 6.66. The van der Waals surface area contributed by atoms with Gasteiger partial charge in [0.1, 0.15) is 24.8 Å². The highest BCUT2D eigenvalue weighted by Crippen LogP contribution is 2.39. The number of carbonyl (C=O) groups is 2. The third kappa shape index (κ3) is 20.7. The number of likely N-dealkylation sites (tertiary alicyclic amines) is 2. The normalized spacial score (nSPS) is 20.4. The van der Waals surface area contributed by atoms with E-state index in [1.807, 2.05) is 0 Å². The van der Waals surface area contributed by atoms with Gasteiger partial charge in [-0.25, -0.2) is 0 Å². The Morgan fingerprint density at radius 1 is 0.614 bits per heavy atom. The number of anilines is 4. The van der Waals surface area contributed by atoms with E-state index in [1.165, 1.54) is 109 Å². The predicted molar refractivity (Wildman–Crippen MR) is 410 cm³/mol. The minimum absolute atomic E-state index is 0.128. The van der Waals surface area contributed by atoms with Crippen LogP contribution in [0.4, 0.5) is 23.0 Å². The number of rotatable bonds is 21. The van der Waals surface area contributed by atoms with Gasteiger partial charge >= 0.3 is 12.0 Å². The maximum Gasteiger partial charge on any atom is 0.318 e. The number of fused-ring (bicyclic) bond motifs is 4. The second kappa shape index (κ2) is 37.7. The molecule has 4 saturated heterocycles. The molecule has 4 atom stereocenters. The van der Waals surface area contributed by atoms with E-state index >= 15 is 0 Å².